The molecular formula is C24H12N2S2. The summed E-state index contributed by atoms with van der Waals surface area (Å²) in [4.78, 5) is 2.36. The van der Waals surface area contributed by atoms with Crippen molar-refractivity contribution in [3.05, 3.63) is 88.1 Å². The molecule has 2 nitrogen and oxygen atoms in total. The number of benzene rings is 2. The molecule has 0 spiro atoms. The Kier molecular flexibility index (Phi) is 3.95. The number of hydrogen-bond acceptors (Lipinski definition) is 4. The van der Waals surface area contributed by atoms with E-state index in [1.54, 1.807) is 22.7 Å². The molecule has 5 rings (SSSR count). The highest BCUT2D eigenvalue weighted by molar-refractivity contribution is 7.16. The van der Waals surface area contributed by atoms with E-state index in [1.807, 2.05) is 36.4 Å². The van der Waals surface area contributed by atoms with Gasteiger partial charge in [0.1, 0.15) is 17.7 Å². The van der Waals surface area contributed by atoms with Crippen molar-refractivity contribution in [1.29, 1.82) is 10.5 Å². The Bertz CT molecular complexity index is 1210. The van der Waals surface area contributed by atoms with Crippen molar-refractivity contribution < 1.29 is 0 Å². The van der Waals surface area contributed by atoms with Crippen LogP contribution >= 0.6 is 22.7 Å². The van der Waals surface area contributed by atoms with Gasteiger partial charge in [-0.3, -0.25) is 0 Å². The van der Waals surface area contributed by atoms with E-state index in [9.17, 15) is 10.5 Å². The summed E-state index contributed by atoms with van der Waals surface area (Å²) in [6.45, 7) is 0. The van der Waals surface area contributed by atoms with Gasteiger partial charge in [0, 0.05) is 37.6 Å². The van der Waals surface area contributed by atoms with Crippen LogP contribution in [0.1, 0.15) is 11.1 Å². The molecule has 2 aromatic heterocycles. The molecule has 2 heterocycles. The number of rotatable bonds is 2. The van der Waals surface area contributed by atoms with Crippen molar-refractivity contribution in [3.63, 3.8) is 0 Å². The third-order valence-electron chi connectivity index (χ3n) is 4.92. The lowest BCUT2D eigenvalue weighted by Crippen LogP contribution is -1.84. The Morgan fingerprint density at radius 1 is 0.643 bits per heavy atom. The van der Waals surface area contributed by atoms with Crippen LogP contribution in [0.25, 0.3) is 37.6 Å². The Balaban J connectivity index is 1.87. The summed E-state index contributed by atoms with van der Waals surface area (Å²) in [5, 5.41) is 23.3. The Labute approximate surface area is 170 Å². The highest BCUT2D eigenvalue weighted by Gasteiger charge is 2.34. The summed E-state index contributed by atoms with van der Waals surface area (Å²) in [6.07, 6.45) is 0. The Hall–Kier alpha value is -3.44. The normalized spacial score (nSPS) is 11.4. The molecule has 0 saturated carbocycles. The molecule has 0 saturated heterocycles. The zero-order valence-corrected chi connectivity index (χ0v) is 16.3. The fraction of sp³-hybridized carbons (Fsp3) is 0. The summed E-state index contributed by atoms with van der Waals surface area (Å²) >= 11 is 3.34. The third kappa shape index (κ3) is 2.37. The van der Waals surface area contributed by atoms with Gasteiger partial charge in [0.05, 0.1) is 0 Å². The summed E-state index contributed by atoms with van der Waals surface area (Å²) in [6, 6.07) is 24.8. The van der Waals surface area contributed by atoms with Crippen LogP contribution < -0.4 is 0 Å². The molecule has 0 amide bonds. The number of fused-ring (bicyclic) bond motifs is 3. The van der Waals surface area contributed by atoms with E-state index >= 15 is 0 Å². The predicted octanol–water partition coefficient (Wildman–Crippen LogP) is 6.97. The topological polar surface area (TPSA) is 47.6 Å². The highest BCUT2D eigenvalue weighted by Crippen LogP contribution is 2.57. The minimum absolute atomic E-state index is 0.176. The molecule has 28 heavy (non-hydrogen) atoms. The van der Waals surface area contributed by atoms with Crippen LogP contribution in [0.5, 0.6) is 0 Å². The third-order valence-corrected chi connectivity index (χ3v) is 6.97. The first-order valence-electron chi connectivity index (χ1n) is 8.73. The van der Waals surface area contributed by atoms with Gasteiger partial charge in [-0.25, -0.2) is 0 Å². The minimum atomic E-state index is 0.176. The van der Waals surface area contributed by atoms with Gasteiger partial charge in [0.2, 0.25) is 0 Å². The van der Waals surface area contributed by atoms with Crippen LogP contribution in [0.4, 0.5) is 0 Å². The summed E-state index contributed by atoms with van der Waals surface area (Å²) in [5.41, 5.74) is 7.53. The average molecular weight is 393 g/mol. The fourth-order valence-corrected chi connectivity index (χ4v) is 5.88. The zero-order chi connectivity index (χ0) is 19.1. The quantitative estimate of drug-likeness (QED) is 0.304. The molecule has 0 N–H and O–H groups in total. The largest absolute Gasteiger partial charge is 0.192 e. The van der Waals surface area contributed by atoms with E-state index < -0.39 is 0 Å². The Morgan fingerprint density at radius 3 is 1.46 bits per heavy atom. The smallest absolute Gasteiger partial charge is 0.138 e. The van der Waals surface area contributed by atoms with E-state index in [4.69, 9.17) is 0 Å². The summed E-state index contributed by atoms with van der Waals surface area (Å²) < 4.78 is 0. The summed E-state index contributed by atoms with van der Waals surface area (Å²) in [7, 11) is 0. The van der Waals surface area contributed by atoms with Gasteiger partial charge in [-0.2, -0.15) is 10.5 Å². The molecule has 1 aliphatic rings. The van der Waals surface area contributed by atoms with Gasteiger partial charge in [-0.05, 0) is 21.9 Å². The molecule has 0 bridgehead atoms. The molecule has 0 atom stereocenters. The van der Waals surface area contributed by atoms with Crippen molar-refractivity contribution in [3.8, 4) is 44.1 Å². The molecular weight excluding hydrogens is 380 g/mol. The van der Waals surface area contributed by atoms with E-state index in [0.29, 0.717) is 0 Å². The van der Waals surface area contributed by atoms with E-state index in [2.05, 4.69) is 47.2 Å². The molecule has 130 valence electrons. The number of thiophene rings is 2. The maximum atomic E-state index is 9.56. The molecule has 0 aliphatic heterocycles. The monoisotopic (exact) mass is 392 g/mol. The SMILES string of the molecule is N#CC(C#N)=C1c2csc(-c3ccccc3)c2-c2c1csc2-c1ccccc1. The van der Waals surface area contributed by atoms with Crippen molar-refractivity contribution in [2.45, 2.75) is 0 Å². The maximum Gasteiger partial charge on any atom is 0.138 e. The standard InChI is InChI=1S/C24H12N2S2/c25-11-17(12-26)20-18-13-27-23(15-7-3-1-4-8-15)21(18)22-19(20)14-28-24(22)16-9-5-2-6-10-16/h1-10,13-14H. The van der Waals surface area contributed by atoms with Crippen LogP contribution in [0.2, 0.25) is 0 Å². The van der Waals surface area contributed by atoms with E-state index in [1.165, 1.54) is 9.75 Å². The first-order valence-corrected chi connectivity index (χ1v) is 10.5. The lowest BCUT2D eigenvalue weighted by atomic mass is 10.0. The summed E-state index contributed by atoms with van der Waals surface area (Å²) in [5.74, 6) is 0. The molecule has 2 aromatic carbocycles. The molecule has 0 radical (unpaired) electrons. The zero-order valence-electron chi connectivity index (χ0n) is 14.6. The average Bonchev–Trinajstić information content (AvgIpc) is 3.43. The first kappa shape index (κ1) is 16.7. The molecule has 1 aliphatic carbocycles. The number of nitriles is 2. The van der Waals surface area contributed by atoms with Gasteiger partial charge in [-0.1, -0.05) is 60.7 Å². The number of allylic oxidation sites excluding steroid dienone is 1. The minimum Gasteiger partial charge on any atom is -0.192 e. The van der Waals surface area contributed by atoms with Crippen molar-refractivity contribution in [2.75, 3.05) is 0 Å². The first-order chi connectivity index (χ1) is 13.8. The van der Waals surface area contributed by atoms with Gasteiger partial charge >= 0.3 is 0 Å². The maximum absolute atomic E-state index is 9.56. The van der Waals surface area contributed by atoms with Crippen molar-refractivity contribution in [1.82, 2.24) is 0 Å². The lowest BCUT2D eigenvalue weighted by Gasteiger charge is -2.06. The fourth-order valence-electron chi connectivity index (χ4n) is 3.74. The van der Waals surface area contributed by atoms with Crippen LogP contribution in [0, 0.1) is 22.7 Å². The van der Waals surface area contributed by atoms with Gasteiger partial charge in [0.15, 0.2) is 0 Å². The number of hydrogen-bond donors (Lipinski definition) is 0. The Morgan fingerprint density at radius 2 is 1.07 bits per heavy atom. The van der Waals surface area contributed by atoms with Gasteiger partial charge in [-0.15, -0.1) is 22.7 Å². The van der Waals surface area contributed by atoms with Gasteiger partial charge in [0.25, 0.3) is 0 Å². The lowest BCUT2D eigenvalue weighted by molar-refractivity contribution is 1.46. The molecule has 0 unspecified atom stereocenters. The molecule has 4 aromatic rings. The van der Waals surface area contributed by atoms with E-state index in [0.717, 1.165) is 39.0 Å². The van der Waals surface area contributed by atoms with E-state index in [-0.39, 0.29) is 5.57 Å². The molecule has 4 heteroatoms. The van der Waals surface area contributed by atoms with Crippen LogP contribution in [0.15, 0.2) is 77.0 Å². The second kappa shape index (κ2) is 6.62. The van der Waals surface area contributed by atoms with Crippen molar-refractivity contribution >= 4 is 28.2 Å². The van der Waals surface area contributed by atoms with Gasteiger partial charge < -0.3 is 0 Å². The van der Waals surface area contributed by atoms with Crippen LogP contribution in [0.3, 0.4) is 0 Å². The van der Waals surface area contributed by atoms with Crippen LogP contribution in [-0.2, 0) is 0 Å². The highest BCUT2D eigenvalue weighted by atomic mass is 32.1. The van der Waals surface area contributed by atoms with Crippen LogP contribution in [-0.4, -0.2) is 0 Å². The second-order valence-electron chi connectivity index (χ2n) is 6.41. The predicted molar refractivity (Wildman–Crippen MR) is 116 cm³/mol. The second-order valence-corrected chi connectivity index (χ2v) is 8.17. The molecule has 0 fully saturated rings. The van der Waals surface area contributed by atoms with Crippen molar-refractivity contribution in [2.24, 2.45) is 0 Å². The number of nitrogens with zero attached hydrogens (tertiary/aromatic N) is 2.